The Bertz CT molecular complexity index is 204. The van der Waals surface area contributed by atoms with Crippen molar-refractivity contribution in [3.05, 3.63) is 48.6 Å². The first-order valence-electron chi connectivity index (χ1n) is 2.93. The van der Waals surface area contributed by atoms with E-state index in [9.17, 15) is 0 Å². The molecular weight excluding hydrogens is 108 g/mol. The van der Waals surface area contributed by atoms with Crippen LogP contribution in [0.25, 0.3) is 0 Å². The summed E-state index contributed by atoms with van der Waals surface area (Å²) in [6.45, 7) is 11.4. The van der Waals surface area contributed by atoms with Crippen molar-refractivity contribution in [3.8, 4) is 0 Å². The van der Waals surface area contributed by atoms with Crippen molar-refractivity contribution in [2.45, 2.75) is 6.42 Å². The van der Waals surface area contributed by atoms with Gasteiger partial charge in [0.1, 0.15) is 0 Å². The largest absolute Gasteiger partial charge is 0.0955 e. The summed E-state index contributed by atoms with van der Waals surface area (Å²) in [4.78, 5) is 0. The fourth-order valence-electron chi connectivity index (χ4n) is 0.783. The third-order valence-corrected chi connectivity index (χ3v) is 1.41. The fraction of sp³-hybridized carbons (Fsp3) is 0.111. The minimum atomic E-state index is 0.884. The second kappa shape index (κ2) is 2.06. The van der Waals surface area contributed by atoms with E-state index in [1.807, 2.05) is 12.2 Å². The van der Waals surface area contributed by atoms with Gasteiger partial charge in [0.05, 0.1) is 0 Å². The van der Waals surface area contributed by atoms with Gasteiger partial charge in [-0.3, -0.25) is 0 Å². The van der Waals surface area contributed by atoms with Crippen molar-refractivity contribution in [2.24, 2.45) is 0 Å². The van der Waals surface area contributed by atoms with Gasteiger partial charge in [-0.1, -0.05) is 37.5 Å². The van der Waals surface area contributed by atoms with E-state index >= 15 is 0 Å². The summed E-state index contributed by atoms with van der Waals surface area (Å²) < 4.78 is 0. The zero-order valence-electron chi connectivity index (χ0n) is 5.48. The molecule has 1 aliphatic rings. The van der Waals surface area contributed by atoms with Gasteiger partial charge in [-0.15, -0.1) is 0 Å². The second-order valence-electron chi connectivity index (χ2n) is 2.30. The van der Waals surface area contributed by atoms with Crippen molar-refractivity contribution in [2.75, 3.05) is 0 Å². The van der Waals surface area contributed by atoms with Crippen LogP contribution in [0.3, 0.4) is 0 Å². The lowest BCUT2D eigenvalue weighted by Gasteiger charge is -2.10. The fourth-order valence-corrected chi connectivity index (χ4v) is 0.783. The molecule has 0 unspecified atom stereocenters. The van der Waals surface area contributed by atoms with E-state index in [4.69, 9.17) is 0 Å². The van der Waals surface area contributed by atoms with Gasteiger partial charge in [0.15, 0.2) is 0 Å². The van der Waals surface area contributed by atoms with E-state index < -0.39 is 0 Å². The average Bonchev–Trinajstić information content (AvgIpc) is 1.80. The predicted molar refractivity (Wildman–Crippen MR) is 41.2 cm³/mol. The van der Waals surface area contributed by atoms with Crippen LogP contribution < -0.4 is 0 Å². The van der Waals surface area contributed by atoms with Crippen LogP contribution in [0.4, 0.5) is 0 Å². The Morgan fingerprint density at radius 3 is 2.22 bits per heavy atom. The zero-order chi connectivity index (χ0) is 6.85. The third-order valence-electron chi connectivity index (χ3n) is 1.41. The smallest absolute Gasteiger partial charge is 0.00318 e. The van der Waals surface area contributed by atoms with Gasteiger partial charge in [-0.25, -0.2) is 0 Å². The summed E-state index contributed by atoms with van der Waals surface area (Å²) in [5, 5.41) is 0. The summed E-state index contributed by atoms with van der Waals surface area (Å²) in [7, 11) is 0. The van der Waals surface area contributed by atoms with E-state index in [1.54, 1.807) is 0 Å². The molecule has 9 heavy (non-hydrogen) atoms. The number of hydrogen-bond donors (Lipinski definition) is 0. The molecule has 0 saturated heterocycles. The van der Waals surface area contributed by atoms with Crippen LogP contribution in [0.2, 0.25) is 0 Å². The van der Waals surface area contributed by atoms with Gasteiger partial charge in [-0.2, -0.15) is 0 Å². The maximum absolute atomic E-state index is 3.83. The Kier molecular flexibility index (Phi) is 1.39. The lowest BCUT2D eigenvalue weighted by atomic mass is 9.95. The summed E-state index contributed by atoms with van der Waals surface area (Å²) in [6.07, 6.45) is 4.82. The Balaban J connectivity index is 2.89. The number of rotatable bonds is 0. The molecule has 0 amide bonds. The van der Waals surface area contributed by atoms with Gasteiger partial charge in [-0.05, 0) is 17.6 Å². The SMILES string of the molecule is C=C1C=CC(=C)C(=C)C1. The molecule has 0 aromatic heterocycles. The van der Waals surface area contributed by atoms with Crippen LogP contribution in [0.15, 0.2) is 48.6 Å². The molecule has 46 valence electrons. The lowest BCUT2D eigenvalue weighted by Crippen LogP contribution is -1.90. The topological polar surface area (TPSA) is 0 Å². The average molecular weight is 118 g/mol. The molecule has 0 spiro atoms. The molecule has 1 aliphatic carbocycles. The molecule has 0 aromatic rings. The van der Waals surface area contributed by atoms with Crippen LogP contribution in [0.1, 0.15) is 6.42 Å². The van der Waals surface area contributed by atoms with Gasteiger partial charge in [0, 0.05) is 0 Å². The lowest BCUT2D eigenvalue weighted by molar-refractivity contribution is 1.17. The van der Waals surface area contributed by atoms with Gasteiger partial charge in [0.25, 0.3) is 0 Å². The minimum absolute atomic E-state index is 0.884. The summed E-state index contributed by atoms with van der Waals surface area (Å²) >= 11 is 0. The zero-order valence-corrected chi connectivity index (χ0v) is 5.48. The van der Waals surface area contributed by atoms with E-state index in [1.165, 1.54) is 0 Å². The minimum Gasteiger partial charge on any atom is -0.0955 e. The Labute approximate surface area is 55.9 Å². The number of hydrogen-bond acceptors (Lipinski definition) is 0. The Morgan fingerprint density at radius 2 is 1.78 bits per heavy atom. The summed E-state index contributed by atoms with van der Waals surface area (Å²) in [5.74, 6) is 0. The van der Waals surface area contributed by atoms with Crippen molar-refractivity contribution >= 4 is 0 Å². The number of allylic oxidation sites excluding steroid dienone is 5. The van der Waals surface area contributed by atoms with Crippen LogP contribution in [0.5, 0.6) is 0 Å². The van der Waals surface area contributed by atoms with E-state index in [2.05, 4.69) is 19.7 Å². The molecule has 0 heteroatoms. The normalized spacial score (nSPS) is 18.9. The van der Waals surface area contributed by atoms with E-state index in [0.717, 1.165) is 23.1 Å². The molecule has 0 atom stereocenters. The monoisotopic (exact) mass is 118 g/mol. The highest BCUT2D eigenvalue weighted by atomic mass is 14.1. The molecule has 0 N–H and O–H groups in total. The Hall–Kier alpha value is -1.04. The van der Waals surface area contributed by atoms with Crippen molar-refractivity contribution in [3.63, 3.8) is 0 Å². The highest BCUT2D eigenvalue weighted by molar-refractivity contribution is 5.45. The van der Waals surface area contributed by atoms with Crippen LogP contribution in [-0.2, 0) is 0 Å². The maximum Gasteiger partial charge on any atom is -0.00318 e. The molecular formula is C9H10. The highest BCUT2D eigenvalue weighted by Gasteiger charge is 2.02. The first-order valence-corrected chi connectivity index (χ1v) is 2.93. The summed E-state index contributed by atoms with van der Waals surface area (Å²) in [6, 6.07) is 0. The first-order chi connectivity index (χ1) is 4.20. The first kappa shape index (κ1) is 6.09. The third kappa shape index (κ3) is 1.20. The van der Waals surface area contributed by atoms with Crippen molar-refractivity contribution < 1.29 is 0 Å². The van der Waals surface area contributed by atoms with Crippen LogP contribution in [-0.4, -0.2) is 0 Å². The summed E-state index contributed by atoms with van der Waals surface area (Å²) in [5.41, 5.74) is 3.23. The molecule has 1 rings (SSSR count). The highest BCUT2D eigenvalue weighted by Crippen LogP contribution is 2.22. The van der Waals surface area contributed by atoms with Crippen molar-refractivity contribution in [1.82, 2.24) is 0 Å². The van der Waals surface area contributed by atoms with E-state index in [-0.39, 0.29) is 0 Å². The predicted octanol–water partition coefficient (Wildman–Crippen LogP) is 2.61. The maximum atomic E-state index is 3.83. The molecule has 0 saturated carbocycles. The van der Waals surface area contributed by atoms with Gasteiger partial charge < -0.3 is 0 Å². The van der Waals surface area contributed by atoms with Crippen LogP contribution in [0, 0.1) is 0 Å². The van der Waals surface area contributed by atoms with Gasteiger partial charge in [0.2, 0.25) is 0 Å². The Morgan fingerprint density at radius 1 is 1.11 bits per heavy atom. The quantitative estimate of drug-likeness (QED) is 0.458. The standard InChI is InChI=1S/C9H10/c1-7-4-5-8(2)9(3)6-7/h4-5H,1-3,6H2. The van der Waals surface area contributed by atoms with E-state index in [0.29, 0.717) is 0 Å². The molecule has 0 nitrogen and oxygen atoms in total. The van der Waals surface area contributed by atoms with Gasteiger partial charge >= 0.3 is 0 Å². The molecule has 0 radical (unpaired) electrons. The molecule has 0 aromatic carbocycles. The van der Waals surface area contributed by atoms with Crippen molar-refractivity contribution in [1.29, 1.82) is 0 Å². The second-order valence-corrected chi connectivity index (χ2v) is 2.30. The molecule has 0 aliphatic heterocycles. The molecule has 0 bridgehead atoms. The molecule has 0 heterocycles. The molecule has 0 fully saturated rings. The van der Waals surface area contributed by atoms with Crippen LogP contribution >= 0.6 is 0 Å².